The maximum absolute atomic E-state index is 12.5. The van der Waals surface area contributed by atoms with Gasteiger partial charge in [-0.05, 0) is 48.9 Å². The van der Waals surface area contributed by atoms with Gasteiger partial charge in [0, 0.05) is 4.47 Å². The Hall–Kier alpha value is -2.02. The number of rotatable bonds is 5. The lowest BCUT2D eigenvalue weighted by atomic mass is 10.1. The molecule has 2 aromatic rings. The highest BCUT2D eigenvalue weighted by Gasteiger charge is 2.30. The molecule has 0 fully saturated rings. The van der Waals surface area contributed by atoms with Crippen LogP contribution in [0.1, 0.15) is 24.1 Å². The van der Waals surface area contributed by atoms with E-state index in [0.717, 1.165) is 22.2 Å². The van der Waals surface area contributed by atoms with E-state index < -0.39 is 11.7 Å². The highest BCUT2D eigenvalue weighted by atomic mass is 79.9. The van der Waals surface area contributed by atoms with Gasteiger partial charge in [0.1, 0.15) is 5.75 Å². The largest absolute Gasteiger partial charge is 0.484 e. The van der Waals surface area contributed by atoms with Crippen molar-refractivity contribution in [2.45, 2.75) is 19.1 Å². The third kappa shape index (κ3) is 5.26. The highest BCUT2D eigenvalue weighted by Crippen LogP contribution is 2.30. The molecule has 7 heteroatoms. The van der Waals surface area contributed by atoms with Gasteiger partial charge in [-0.15, -0.1) is 0 Å². The summed E-state index contributed by atoms with van der Waals surface area (Å²) in [4.78, 5) is 11.9. The average molecular weight is 402 g/mol. The summed E-state index contributed by atoms with van der Waals surface area (Å²) in [6.07, 6.45) is -4.39. The molecule has 0 aliphatic rings. The van der Waals surface area contributed by atoms with E-state index in [4.69, 9.17) is 4.74 Å². The number of nitrogens with one attached hydrogen (secondary N) is 1. The second kappa shape index (κ2) is 7.70. The van der Waals surface area contributed by atoms with Gasteiger partial charge < -0.3 is 10.1 Å². The topological polar surface area (TPSA) is 38.3 Å². The van der Waals surface area contributed by atoms with Crippen LogP contribution >= 0.6 is 15.9 Å². The van der Waals surface area contributed by atoms with Crippen molar-refractivity contribution < 1.29 is 22.7 Å². The van der Waals surface area contributed by atoms with Crippen LogP contribution in [0.2, 0.25) is 0 Å². The molecule has 0 aromatic heterocycles. The third-order valence-corrected chi connectivity index (χ3v) is 3.83. The number of ether oxygens (including phenoxy) is 1. The van der Waals surface area contributed by atoms with Gasteiger partial charge in [-0.3, -0.25) is 4.79 Å². The Morgan fingerprint density at radius 3 is 2.25 bits per heavy atom. The standard InChI is InChI=1S/C17H15BrF3NO2/c1-11(12-2-6-14(18)7-3-12)22-16(23)10-24-15-8-4-13(5-9-15)17(19,20)21/h2-9,11H,10H2,1H3,(H,22,23). The summed E-state index contributed by atoms with van der Waals surface area (Å²) in [5, 5.41) is 2.76. The van der Waals surface area contributed by atoms with Crippen LogP contribution in [0.4, 0.5) is 13.2 Å². The molecule has 3 nitrogen and oxygen atoms in total. The van der Waals surface area contributed by atoms with Crippen LogP contribution < -0.4 is 10.1 Å². The Bertz CT molecular complexity index is 684. The fourth-order valence-electron chi connectivity index (χ4n) is 2.01. The SMILES string of the molecule is CC(NC(=O)COc1ccc(C(F)(F)F)cc1)c1ccc(Br)cc1. The van der Waals surface area contributed by atoms with Crippen molar-refractivity contribution in [3.8, 4) is 5.75 Å². The van der Waals surface area contributed by atoms with Gasteiger partial charge in [0.2, 0.25) is 0 Å². The maximum atomic E-state index is 12.5. The lowest BCUT2D eigenvalue weighted by Gasteiger charge is -2.15. The first kappa shape index (κ1) is 18.3. The fraction of sp³-hybridized carbons (Fsp3) is 0.235. The molecular weight excluding hydrogens is 387 g/mol. The second-order valence-corrected chi connectivity index (χ2v) is 6.07. The molecule has 2 aromatic carbocycles. The van der Waals surface area contributed by atoms with E-state index in [0.29, 0.717) is 0 Å². The Balaban J connectivity index is 1.85. The summed E-state index contributed by atoms with van der Waals surface area (Å²) >= 11 is 3.34. The van der Waals surface area contributed by atoms with Gasteiger partial charge in [-0.1, -0.05) is 28.1 Å². The maximum Gasteiger partial charge on any atom is 0.416 e. The zero-order chi connectivity index (χ0) is 17.7. The van der Waals surface area contributed by atoms with E-state index in [1.165, 1.54) is 12.1 Å². The monoisotopic (exact) mass is 401 g/mol. The molecule has 0 heterocycles. The molecule has 24 heavy (non-hydrogen) atoms. The number of hydrogen-bond donors (Lipinski definition) is 1. The summed E-state index contributed by atoms with van der Waals surface area (Å²) < 4.78 is 43.5. The molecule has 1 amide bonds. The molecule has 2 rings (SSSR count). The van der Waals surface area contributed by atoms with Crippen molar-refractivity contribution in [3.05, 3.63) is 64.1 Å². The molecule has 0 spiro atoms. The fourth-order valence-corrected chi connectivity index (χ4v) is 2.27. The van der Waals surface area contributed by atoms with Crippen molar-refractivity contribution in [1.82, 2.24) is 5.32 Å². The molecule has 0 saturated heterocycles. The van der Waals surface area contributed by atoms with E-state index in [9.17, 15) is 18.0 Å². The predicted octanol–water partition coefficient (Wildman–Crippen LogP) is 4.72. The average Bonchev–Trinajstić information content (AvgIpc) is 2.53. The second-order valence-electron chi connectivity index (χ2n) is 5.15. The molecule has 1 atom stereocenters. The van der Waals surface area contributed by atoms with Crippen LogP contribution in [0.15, 0.2) is 53.0 Å². The molecule has 0 aliphatic heterocycles. The Kier molecular flexibility index (Phi) is 5.88. The van der Waals surface area contributed by atoms with Crippen molar-refractivity contribution in [1.29, 1.82) is 0 Å². The summed E-state index contributed by atoms with van der Waals surface area (Å²) in [6, 6.07) is 11.5. The van der Waals surface area contributed by atoms with Crippen molar-refractivity contribution in [3.63, 3.8) is 0 Å². The molecule has 0 saturated carbocycles. The Morgan fingerprint density at radius 1 is 1.12 bits per heavy atom. The van der Waals surface area contributed by atoms with E-state index in [-0.39, 0.29) is 24.3 Å². The zero-order valence-electron chi connectivity index (χ0n) is 12.7. The molecular formula is C17H15BrF3NO2. The van der Waals surface area contributed by atoms with Crippen LogP contribution in [0.3, 0.4) is 0 Å². The number of alkyl halides is 3. The predicted molar refractivity (Wildman–Crippen MR) is 87.6 cm³/mol. The molecule has 0 bridgehead atoms. The first-order valence-electron chi connectivity index (χ1n) is 7.10. The van der Waals surface area contributed by atoms with Crippen LogP contribution in [0, 0.1) is 0 Å². The number of halogens is 4. The molecule has 1 unspecified atom stereocenters. The van der Waals surface area contributed by atoms with Crippen LogP contribution in [-0.4, -0.2) is 12.5 Å². The third-order valence-electron chi connectivity index (χ3n) is 3.30. The molecule has 128 valence electrons. The van der Waals surface area contributed by atoms with E-state index in [1.807, 2.05) is 31.2 Å². The van der Waals surface area contributed by atoms with Crippen LogP contribution in [0.25, 0.3) is 0 Å². The summed E-state index contributed by atoms with van der Waals surface area (Å²) in [6.45, 7) is 1.56. The first-order valence-corrected chi connectivity index (χ1v) is 7.90. The van der Waals surface area contributed by atoms with E-state index >= 15 is 0 Å². The van der Waals surface area contributed by atoms with Crippen molar-refractivity contribution in [2.75, 3.05) is 6.61 Å². The smallest absolute Gasteiger partial charge is 0.416 e. The summed E-state index contributed by atoms with van der Waals surface area (Å²) in [7, 11) is 0. The van der Waals surface area contributed by atoms with Crippen molar-refractivity contribution >= 4 is 21.8 Å². The quantitative estimate of drug-likeness (QED) is 0.786. The van der Waals surface area contributed by atoms with Gasteiger partial charge in [-0.2, -0.15) is 13.2 Å². The number of amides is 1. The summed E-state index contributed by atoms with van der Waals surface area (Å²) in [5.74, 6) is -0.153. The van der Waals surface area contributed by atoms with Crippen LogP contribution in [-0.2, 0) is 11.0 Å². The van der Waals surface area contributed by atoms with E-state index in [1.54, 1.807) is 0 Å². The number of carbonyl (C=O) groups excluding carboxylic acids is 1. The summed E-state index contributed by atoms with van der Waals surface area (Å²) in [5.41, 5.74) is 0.171. The van der Waals surface area contributed by atoms with Gasteiger partial charge in [0.05, 0.1) is 11.6 Å². The lowest BCUT2D eigenvalue weighted by molar-refractivity contribution is -0.137. The Morgan fingerprint density at radius 2 is 1.71 bits per heavy atom. The lowest BCUT2D eigenvalue weighted by Crippen LogP contribution is -2.31. The first-order chi connectivity index (χ1) is 11.3. The number of carbonyl (C=O) groups is 1. The van der Waals surface area contributed by atoms with Crippen LogP contribution in [0.5, 0.6) is 5.75 Å². The van der Waals surface area contributed by atoms with Gasteiger partial charge in [-0.25, -0.2) is 0 Å². The van der Waals surface area contributed by atoms with Gasteiger partial charge in [0.15, 0.2) is 6.61 Å². The Labute approximate surface area is 146 Å². The number of benzene rings is 2. The zero-order valence-corrected chi connectivity index (χ0v) is 14.3. The minimum atomic E-state index is -4.39. The molecule has 0 radical (unpaired) electrons. The minimum Gasteiger partial charge on any atom is -0.484 e. The normalized spacial score (nSPS) is 12.5. The molecule has 1 N–H and O–H groups in total. The minimum absolute atomic E-state index is 0.203. The number of hydrogen-bond acceptors (Lipinski definition) is 2. The van der Waals surface area contributed by atoms with E-state index in [2.05, 4.69) is 21.2 Å². The van der Waals surface area contributed by atoms with Gasteiger partial charge >= 0.3 is 6.18 Å². The molecule has 0 aliphatic carbocycles. The van der Waals surface area contributed by atoms with Crippen molar-refractivity contribution in [2.24, 2.45) is 0 Å². The highest BCUT2D eigenvalue weighted by molar-refractivity contribution is 9.10. The van der Waals surface area contributed by atoms with Gasteiger partial charge in [0.25, 0.3) is 5.91 Å².